The Morgan fingerprint density at radius 3 is 1.76 bits per heavy atom. The molecular weight excluding hydrogens is 494 g/mol. The first-order chi connectivity index (χ1) is 18.2. The molecule has 0 saturated heterocycles. The summed E-state index contributed by atoms with van der Waals surface area (Å²) in [5.74, 6) is 0. The highest BCUT2D eigenvalue weighted by Gasteiger charge is 2.30. The first-order valence-corrected chi connectivity index (χ1v) is 12.8. The minimum absolute atomic E-state index is 0.0712. The molecule has 7 nitrogen and oxygen atoms in total. The average Bonchev–Trinajstić information content (AvgIpc) is 2.93. The standard InChI is InChI=1S/C30H19N5O2S/c1-20-7-11-28(12-8-20)38(36,37)35(2)30(27(18-33)19-34)29(26(16-31)17-32)24-10-9-23-13-21-5-3-4-6-22(21)14-25(23)15-24/h3-15H,1-2H3. The zero-order chi connectivity index (χ0) is 27.4. The van der Waals surface area contributed by atoms with Crippen LogP contribution in [-0.2, 0) is 10.0 Å². The summed E-state index contributed by atoms with van der Waals surface area (Å²) < 4.78 is 28.0. The largest absolute Gasteiger partial charge is 0.267 e. The molecule has 0 aliphatic carbocycles. The summed E-state index contributed by atoms with van der Waals surface area (Å²) in [4.78, 5) is -0.0712. The molecule has 0 saturated carbocycles. The van der Waals surface area contributed by atoms with Crippen LogP contribution in [0.2, 0.25) is 0 Å². The molecule has 0 aliphatic heterocycles. The molecule has 0 aliphatic rings. The van der Waals surface area contributed by atoms with E-state index in [-0.39, 0.29) is 16.2 Å². The van der Waals surface area contributed by atoms with Crippen molar-refractivity contribution in [1.82, 2.24) is 4.31 Å². The molecule has 4 rings (SSSR count). The third-order valence-electron chi connectivity index (χ3n) is 6.16. The van der Waals surface area contributed by atoms with E-state index in [1.807, 2.05) is 55.5 Å². The van der Waals surface area contributed by atoms with Crippen molar-refractivity contribution in [2.45, 2.75) is 11.8 Å². The lowest BCUT2D eigenvalue weighted by Gasteiger charge is -2.25. The Bertz CT molecular complexity index is 1910. The van der Waals surface area contributed by atoms with Gasteiger partial charge in [0.1, 0.15) is 29.8 Å². The average molecular weight is 514 g/mol. The van der Waals surface area contributed by atoms with Crippen LogP contribution in [0.5, 0.6) is 0 Å². The van der Waals surface area contributed by atoms with E-state index in [0.717, 1.165) is 31.4 Å². The molecule has 0 unspecified atom stereocenters. The minimum Gasteiger partial charge on any atom is -0.267 e. The molecule has 8 heteroatoms. The number of aryl methyl sites for hydroxylation is 1. The van der Waals surface area contributed by atoms with Gasteiger partial charge in [0.05, 0.1) is 10.6 Å². The fourth-order valence-electron chi connectivity index (χ4n) is 4.19. The highest BCUT2D eigenvalue weighted by atomic mass is 32.2. The maximum Gasteiger partial charge on any atom is 0.264 e. The maximum absolute atomic E-state index is 13.6. The molecule has 0 fully saturated rings. The van der Waals surface area contributed by atoms with E-state index >= 15 is 0 Å². The van der Waals surface area contributed by atoms with E-state index in [9.17, 15) is 29.5 Å². The van der Waals surface area contributed by atoms with Gasteiger partial charge in [-0.15, -0.1) is 0 Å². The molecule has 0 amide bonds. The van der Waals surface area contributed by atoms with Crippen LogP contribution < -0.4 is 0 Å². The van der Waals surface area contributed by atoms with Gasteiger partial charge in [-0.25, -0.2) is 8.42 Å². The second kappa shape index (κ2) is 10.3. The van der Waals surface area contributed by atoms with Gasteiger partial charge in [0.25, 0.3) is 10.0 Å². The van der Waals surface area contributed by atoms with Crippen molar-refractivity contribution >= 4 is 37.1 Å². The van der Waals surface area contributed by atoms with Crippen LogP contribution in [0.25, 0.3) is 27.1 Å². The molecule has 0 spiro atoms. The lowest BCUT2D eigenvalue weighted by atomic mass is 9.92. The summed E-state index contributed by atoms with van der Waals surface area (Å²) >= 11 is 0. The Labute approximate surface area is 220 Å². The molecule has 182 valence electrons. The van der Waals surface area contributed by atoms with Crippen molar-refractivity contribution in [3.8, 4) is 24.3 Å². The van der Waals surface area contributed by atoms with E-state index in [2.05, 4.69) is 0 Å². The number of hydrogen-bond acceptors (Lipinski definition) is 6. The van der Waals surface area contributed by atoms with E-state index < -0.39 is 21.2 Å². The van der Waals surface area contributed by atoms with E-state index in [1.54, 1.807) is 42.5 Å². The van der Waals surface area contributed by atoms with E-state index in [1.165, 1.54) is 19.2 Å². The molecule has 0 heterocycles. The van der Waals surface area contributed by atoms with Crippen LogP contribution >= 0.6 is 0 Å². The number of nitrogens with zero attached hydrogens (tertiary/aromatic N) is 5. The third kappa shape index (κ3) is 4.57. The Morgan fingerprint density at radius 2 is 1.21 bits per heavy atom. The number of sulfonamides is 1. The van der Waals surface area contributed by atoms with Gasteiger partial charge >= 0.3 is 0 Å². The van der Waals surface area contributed by atoms with Crippen molar-refractivity contribution in [2.24, 2.45) is 0 Å². The number of rotatable bonds is 5. The molecule has 0 atom stereocenters. The minimum atomic E-state index is -4.27. The van der Waals surface area contributed by atoms with Gasteiger partial charge in [-0.05, 0) is 64.4 Å². The smallest absolute Gasteiger partial charge is 0.264 e. The summed E-state index contributed by atoms with van der Waals surface area (Å²) in [6.07, 6.45) is 0. The van der Waals surface area contributed by atoms with Gasteiger partial charge < -0.3 is 0 Å². The quantitative estimate of drug-likeness (QED) is 0.190. The molecule has 0 aromatic heterocycles. The second-order valence-corrected chi connectivity index (χ2v) is 10.4. The highest BCUT2D eigenvalue weighted by molar-refractivity contribution is 7.89. The normalized spacial score (nSPS) is 10.5. The van der Waals surface area contributed by atoms with Crippen molar-refractivity contribution < 1.29 is 8.42 Å². The molecule has 4 aromatic rings. The lowest BCUT2D eigenvalue weighted by molar-refractivity contribution is 0.530. The molecule has 4 aromatic carbocycles. The molecular formula is C30H19N5O2S. The van der Waals surface area contributed by atoms with Crippen LogP contribution in [0.1, 0.15) is 11.1 Å². The highest BCUT2D eigenvalue weighted by Crippen LogP contribution is 2.36. The summed E-state index contributed by atoms with van der Waals surface area (Å²) in [6.45, 7) is 1.81. The summed E-state index contributed by atoms with van der Waals surface area (Å²) in [7, 11) is -3.08. The zero-order valence-electron chi connectivity index (χ0n) is 20.5. The Morgan fingerprint density at radius 1 is 0.684 bits per heavy atom. The number of allylic oxidation sites excluding steroid dienone is 3. The van der Waals surface area contributed by atoms with Crippen LogP contribution in [0.4, 0.5) is 0 Å². The number of nitriles is 4. The first-order valence-electron chi connectivity index (χ1n) is 11.3. The van der Waals surface area contributed by atoms with Crippen LogP contribution in [0, 0.1) is 52.2 Å². The van der Waals surface area contributed by atoms with Crippen molar-refractivity contribution in [1.29, 1.82) is 21.0 Å². The fraction of sp³-hybridized carbons (Fsp3) is 0.0667. The van der Waals surface area contributed by atoms with Gasteiger partial charge in [0.2, 0.25) is 0 Å². The Hall–Kier alpha value is -5.41. The lowest BCUT2D eigenvalue weighted by Crippen LogP contribution is -2.28. The fourth-order valence-corrected chi connectivity index (χ4v) is 5.41. The summed E-state index contributed by atoms with van der Waals surface area (Å²) in [5.41, 5.74) is -0.309. The van der Waals surface area contributed by atoms with Crippen LogP contribution in [0.15, 0.2) is 101 Å². The number of likely N-dealkylation sites (N-methyl/N-ethyl adjacent to an activating group) is 1. The van der Waals surface area contributed by atoms with Gasteiger partial charge in [-0.3, -0.25) is 4.31 Å². The molecule has 0 radical (unpaired) electrons. The monoisotopic (exact) mass is 513 g/mol. The third-order valence-corrected chi connectivity index (χ3v) is 7.93. The SMILES string of the molecule is Cc1ccc(S(=O)(=O)N(C)C(=C(C#N)C#N)C(=C(C#N)C#N)c2ccc3cc4ccccc4cc3c2)cc1. The first kappa shape index (κ1) is 25.7. The summed E-state index contributed by atoms with van der Waals surface area (Å²) in [5, 5.41) is 42.9. The predicted octanol–water partition coefficient (Wildman–Crippen LogP) is 5.72. The number of benzene rings is 4. The van der Waals surface area contributed by atoms with Crippen molar-refractivity contribution in [3.63, 3.8) is 0 Å². The molecule has 0 N–H and O–H groups in total. The van der Waals surface area contributed by atoms with Crippen molar-refractivity contribution in [3.05, 3.63) is 107 Å². The van der Waals surface area contributed by atoms with Gasteiger partial charge in [0, 0.05) is 12.6 Å². The van der Waals surface area contributed by atoms with E-state index in [0.29, 0.717) is 5.56 Å². The topological polar surface area (TPSA) is 133 Å². The predicted molar refractivity (Wildman–Crippen MR) is 144 cm³/mol. The molecule has 38 heavy (non-hydrogen) atoms. The Balaban J connectivity index is 2.03. The van der Waals surface area contributed by atoms with Gasteiger partial charge in [0.15, 0.2) is 5.57 Å². The van der Waals surface area contributed by atoms with Crippen LogP contribution in [-0.4, -0.2) is 19.8 Å². The number of hydrogen-bond donors (Lipinski definition) is 0. The van der Waals surface area contributed by atoms with Crippen molar-refractivity contribution in [2.75, 3.05) is 7.05 Å². The Kier molecular flexibility index (Phi) is 6.95. The van der Waals surface area contributed by atoms with Gasteiger partial charge in [-0.1, -0.05) is 54.1 Å². The zero-order valence-corrected chi connectivity index (χ0v) is 21.3. The van der Waals surface area contributed by atoms with Crippen LogP contribution in [0.3, 0.4) is 0 Å². The number of fused-ring (bicyclic) bond motifs is 2. The van der Waals surface area contributed by atoms with E-state index in [4.69, 9.17) is 0 Å². The maximum atomic E-state index is 13.6. The molecule has 0 bridgehead atoms. The van der Waals surface area contributed by atoms with Gasteiger partial charge in [-0.2, -0.15) is 21.0 Å². The summed E-state index contributed by atoms with van der Waals surface area (Å²) in [6, 6.07) is 30.0. The second-order valence-electron chi connectivity index (χ2n) is 8.47.